The van der Waals surface area contributed by atoms with Gasteiger partial charge in [-0.15, -0.1) is 6.42 Å². The van der Waals surface area contributed by atoms with E-state index >= 15 is 0 Å². The Morgan fingerprint density at radius 2 is 2.36 bits per heavy atom. The average molecular weight is 255 g/mol. The minimum atomic E-state index is -0.0577. The summed E-state index contributed by atoms with van der Waals surface area (Å²) in [5.74, 6) is 2.41. The summed E-state index contributed by atoms with van der Waals surface area (Å²) in [7, 11) is 0. The number of phenolic OH excluding ortho intramolecular Hbond substituents is 1. The molecule has 0 aliphatic heterocycles. The van der Waals surface area contributed by atoms with Gasteiger partial charge in [-0.3, -0.25) is 4.79 Å². The van der Waals surface area contributed by atoms with Gasteiger partial charge in [0.05, 0.1) is 0 Å². The van der Waals surface area contributed by atoms with Crippen LogP contribution in [0.15, 0.2) is 16.6 Å². The third kappa shape index (κ3) is 2.27. The zero-order valence-corrected chi connectivity index (χ0v) is 8.74. The van der Waals surface area contributed by atoms with Crippen molar-refractivity contribution < 1.29 is 14.6 Å². The number of rotatable bonds is 3. The molecule has 0 aliphatic rings. The quantitative estimate of drug-likeness (QED) is 0.663. The molecule has 0 radical (unpaired) electrons. The Morgan fingerprint density at radius 1 is 1.64 bits per heavy atom. The molecule has 0 aliphatic carbocycles. The van der Waals surface area contributed by atoms with Gasteiger partial charge in [0.2, 0.25) is 0 Å². The number of hydrogen-bond donors (Lipinski definition) is 1. The van der Waals surface area contributed by atoms with Crippen molar-refractivity contribution in [3.8, 4) is 23.8 Å². The number of halogens is 1. The van der Waals surface area contributed by atoms with Crippen molar-refractivity contribution in [3.63, 3.8) is 0 Å². The van der Waals surface area contributed by atoms with Crippen molar-refractivity contribution in [1.29, 1.82) is 0 Å². The molecule has 4 heteroatoms. The number of benzene rings is 1. The van der Waals surface area contributed by atoms with Gasteiger partial charge in [-0.2, -0.15) is 0 Å². The number of carbonyl (C=O) groups excluding carboxylic acids is 1. The van der Waals surface area contributed by atoms with Crippen molar-refractivity contribution in [3.05, 3.63) is 22.2 Å². The fraction of sp³-hybridized carbons (Fsp3) is 0.100. The number of phenols is 1. The second-order valence-corrected chi connectivity index (χ2v) is 3.31. The monoisotopic (exact) mass is 254 g/mol. The van der Waals surface area contributed by atoms with Crippen molar-refractivity contribution in [2.24, 2.45) is 0 Å². The topological polar surface area (TPSA) is 46.5 Å². The van der Waals surface area contributed by atoms with Crippen LogP contribution in [0.3, 0.4) is 0 Å². The summed E-state index contributed by atoms with van der Waals surface area (Å²) in [6.07, 6.45) is 5.65. The van der Waals surface area contributed by atoms with Gasteiger partial charge >= 0.3 is 0 Å². The molecular formula is C10H7BrO3. The second kappa shape index (κ2) is 4.68. The van der Waals surface area contributed by atoms with Crippen LogP contribution in [0.4, 0.5) is 0 Å². The molecule has 3 nitrogen and oxygen atoms in total. The molecule has 0 aromatic heterocycles. The Balaban J connectivity index is 3.05. The Morgan fingerprint density at radius 3 is 2.93 bits per heavy atom. The fourth-order valence-corrected chi connectivity index (χ4v) is 1.31. The molecule has 0 fully saturated rings. The van der Waals surface area contributed by atoms with Crippen LogP contribution in [0.1, 0.15) is 10.4 Å². The molecule has 1 aromatic rings. The van der Waals surface area contributed by atoms with Crippen molar-refractivity contribution in [1.82, 2.24) is 0 Å². The number of terminal acetylenes is 1. The molecule has 1 N–H and O–H groups in total. The highest BCUT2D eigenvalue weighted by Gasteiger charge is 2.07. The van der Waals surface area contributed by atoms with E-state index in [1.807, 2.05) is 0 Å². The Bertz CT molecular complexity index is 393. The van der Waals surface area contributed by atoms with Crippen LogP contribution in [0, 0.1) is 12.3 Å². The molecule has 0 saturated heterocycles. The van der Waals surface area contributed by atoms with Crippen molar-refractivity contribution in [2.75, 3.05) is 6.61 Å². The number of ether oxygens (including phenoxy) is 1. The van der Waals surface area contributed by atoms with Gasteiger partial charge in [-0.25, -0.2) is 0 Å². The number of aromatic hydroxyl groups is 1. The van der Waals surface area contributed by atoms with E-state index in [1.165, 1.54) is 12.1 Å². The summed E-state index contributed by atoms with van der Waals surface area (Å²) in [4.78, 5) is 10.6. The highest BCUT2D eigenvalue weighted by atomic mass is 79.9. The molecule has 0 spiro atoms. The van der Waals surface area contributed by atoms with E-state index in [2.05, 4.69) is 21.9 Å². The fourth-order valence-electron chi connectivity index (χ4n) is 0.884. The highest BCUT2D eigenvalue weighted by Crippen LogP contribution is 2.31. The minimum Gasteiger partial charge on any atom is -0.504 e. The maximum absolute atomic E-state index is 10.6. The molecular weight excluding hydrogens is 248 g/mol. The molecule has 0 saturated carbocycles. The zero-order chi connectivity index (χ0) is 10.6. The number of hydrogen-bond acceptors (Lipinski definition) is 3. The SMILES string of the molecule is C#CCOc1cc(C=O)c(Br)cc1O. The average Bonchev–Trinajstić information content (AvgIpc) is 2.17. The molecule has 0 heterocycles. The van der Waals surface area contributed by atoms with Crippen molar-refractivity contribution >= 4 is 22.2 Å². The summed E-state index contributed by atoms with van der Waals surface area (Å²) in [6, 6.07) is 2.80. The summed E-state index contributed by atoms with van der Waals surface area (Å²) in [5, 5.41) is 9.40. The molecule has 1 rings (SSSR count). The molecule has 0 bridgehead atoms. The van der Waals surface area contributed by atoms with Gasteiger partial charge in [-0.1, -0.05) is 5.92 Å². The van der Waals surface area contributed by atoms with E-state index in [9.17, 15) is 9.90 Å². The van der Waals surface area contributed by atoms with Crippen LogP contribution in [-0.2, 0) is 0 Å². The van der Waals surface area contributed by atoms with Crippen LogP contribution in [-0.4, -0.2) is 18.0 Å². The smallest absolute Gasteiger partial charge is 0.163 e. The first-order valence-corrected chi connectivity index (χ1v) is 4.52. The molecule has 0 unspecified atom stereocenters. The molecule has 72 valence electrons. The van der Waals surface area contributed by atoms with Crippen molar-refractivity contribution in [2.45, 2.75) is 0 Å². The van der Waals surface area contributed by atoms with E-state index in [1.54, 1.807) is 0 Å². The first kappa shape index (κ1) is 10.6. The van der Waals surface area contributed by atoms with E-state index < -0.39 is 0 Å². The molecule has 14 heavy (non-hydrogen) atoms. The van der Waals surface area contributed by atoms with Crippen LogP contribution >= 0.6 is 15.9 Å². The summed E-state index contributed by atoms with van der Waals surface area (Å²) >= 11 is 3.12. The Labute approximate surface area is 89.8 Å². The lowest BCUT2D eigenvalue weighted by Gasteiger charge is -2.06. The van der Waals surface area contributed by atoms with Gasteiger partial charge < -0.3 is 9.84 Å². The van der Waals surface area contributed by atoms with Gasteiger partial charge in [-0.05, 0) is 28.1 Å². The lowest BCUT2D eigenvalue weighted by molar-refractivity contribution is 0.112. The van der Waals surface area contributed by atoms with Gasteiger partial charge in [0.15, 0.2) is 17.8 Å². The first-order chi connectivity index (χ1) is 6.69. The maximum atomic E-state index is 10.6. The molecule has 0 amide bonds. The van der Waals surface area contributed by atoms with Crippen LogP contribution < -0.4 is 4.74 Å². The van der Waals surface area contributed by atoms with E-state index in [-0.39, 0.29) is 18.1 Å². The predicted octanol–water partition coefficient (Wildman–Crippen LogP) is 1.98. The van der Waals surface area contributed by atoms with Gasteiger partial charge in [0, 0.05) is 10.0 Å². The Hall–Kier alpha value is -1.47. The third-order valence-corrected chi connectivity index (χ3v) is 2.20. The van der Waals surface area contributed by atoms with Gasteiger partial charge in [0.1, 0.15) is 6.61 Å². The third-order valence-electron chi connectivity index (χ3n) is 1.52. The summed E-state index contributed by atoms with van der Waals surface area (Å²) in [5.41, 5.74) is 0.398. The van der Waals surface area contributed by atoms with E-state index in [0.29, 0.717) is 16.3 Å². The minimum absolute atomic E-state index is 0.0491. The van der Waals surface area contributed by atoms with E-state index in [4.69, 9.17) is 11.2 Å². The lowest BCUT2D eigenvalue weighted by Crippen LogP contribution is -1.95. The standard InChI is InChI=1S/C10H7BrO3/c1-2-3-14-10-4-7(6-12)8(11)5-9(10)13/h1,4-6,13H,3H2. The zero-order valence-electron chi connectivity index (χ0n) is 7.16. The van der Waals surface area contributed by atoms with Crippen LogP contribution in [0.2, 0.25) is 0 Å². The van der Waals surface area contributed by atoms with Gasteiger partial charge in [0.25, 0.3) is 0 Å². The normalized spacial score (nSPS) is 9.14. The highest BCUT2D eigenvalue weighted by molar-refractivity contribution is 9.10. The largest absolute Gasteiger partial charge is 0.504 e. The molecule has 0 atom stereocenters. The maximum Gasteiger partial charge on any atom is 0.163 e. The van der Waals surface area contributed by atoms with E-state index in [0.717, 1.165) is 0 Å². The lowest BCUT2D eigenvalue weighted by atomic mass is 10.2. The first-order valence-electron chi connectivity index (χ1n) is 3.73. The second-order valence-electron chi connectivity index (χ2n) is 2.45. The number of carbonyl (C=O) groups is 1. The molecule has 1 aromatic carbocycles. The number of aldehydes is 1. The predicted molar refractivity (Wildman–Crippen MR) is 55.5 cm³/mol. The van der Waals surface area contributed by atoms with Crippen LogP contribution in [0.5, 0.6) is 11.5 Å². The van der Waals surface area contributed by atoms with Crippen LogP contribution in [0.25, 0.3) is 0 Å². The summed E-state index contributed by atoms with van der Waals surface area (Å²) < 4.78 is 5.53. The Kier molecular flexibility index (Phi) is 3.55. The summed E-state index contributed by atoms with van der Waals surface area (Å²) in [6.45, 7) is 0.0491.